The third kappa shape index (κ3) is 3.28. The molecule has 3 heteroatoms. The van der Waals surface area contributed by atoms with Crippen molar-refractivity contribution in [2.45, 2.75) is 0 Å². The molecule has 0 spiro atoms. The Hall–Kier alpha value is -0.670. The lowest BCUT2D eigenvalue weighted by Crippen LogP contribution is -2.03. The van der Waals surface area contributed by atoms with E-state index in [1.807, 2.05) is 19.2 Å². The molecule has 0 aromatic heterocycles. The van der Waals surface area contributed by atoms with Crippen molar-refractivity contribution in [2.75, 3.05) is 13.6 Å². The summed E-state index contributed by atoms with van der Waals surface area (Å²) >= 11 is 3.29. The topological polar surface area (TPSA) is 12.0 Å². The van der Waals surface area contributed by atoms with E-state index in [9.17, 15) is 4.39 Å². The molecule has 70 valence electrons. The minimum atomic E-state index is -0.224. The van der Waals surface area contributed by atoms with Gasteiger partial charge in [-0.05, 0) is 24.7 Å². The highest BCUT2D eigenvalue weighted by Gasteiger charge is 1.96. The lowest BCUT2D eigenvalue weighted by Gasteiger charge is -1.97. The lowest BCUT2D eigenvalue weighted by atomic mass is 10.2. The van der Waals surface area contributed by atoms with Gasteiger partial charge in [0.15, 0.2) is 0 Å². The van der Waals surface area contributed by atoms with E-state index in [0.717, 1.165) is 16.6 Å². The number of halogens is 2. The van der Waals surface area contributed by atoms with E-state index >= 15 is 0 Å². The molecule has 0 aliphatic heterocycles. The van der Waals surface area contributed by atoms with E-state index in [1.54, 1.807) is 6.07 Å². The molecule has 0 radical (unpaired) electrons. The normalized spacial score (nSPS) is 11.0. The van der Waals surface area contributed by atoms with Crippen LogP contribution in [0.2, 0.25) is 0 Å². The van der Waals surface area contributed by atoms with Gasteiger partial charge in [0.05, 0.1) is 0 Å². The van der Waals surface area contributed by atoms with Crippen molar-refractivity contribution in [1.82, 2.24) is 5.32 Å². The summed E-state index contributed by atoms with van der Waals surface area (Å²) in [6.45, 7) is 0.809. The minimum absolute atomic E-state index is 0.224. The van der Waals surface area contributed by atoms with Gasteiger partial charge in [0.1, 0.15) is 5.82 Å². The molecule has 0 bridgehead atoms. The number of benzene rings is 1. The molecule has 0 unspecified atom stereocenters. The Morgan fingerprint density at radius 2 is 2.31 bits per heavy atom. The Bertz CT molecular complexity index is 310. The van der Waals surface area contributed by atoms with E-state index < -0.39 is 0 Å². The molecular weight excluding hydrogens is 233 g/mol. The highest BCUT2D eigenvalue weighted by atomic mass is 79.9. The first-order valence-corrected chi connectivity index (χ1v) is 4.79. The lowest BCUT2D eigenvalue weighted by molar-refractivity contribution is 0.627. The Morgan fingerprint density at radius 1 is 1.54 bits per heavy atom. The number of likely N-dealkylation sites (N-methyl/N-ethyl adjacent to an activating group) is 1. The third-order valence-corrected chi connectivity index (χ3v) is 2.27. The molecule has 1 rings (SSSR count). The van der Waals surface area contributed by atoms with Crippen molar-refractivity contribution in [2.24, 2.45) is 0 Å². The van der Waals surface area contributed by atoms with Crippen LogP contribution in [-0.2, 0) is 0 Å². The number of hydrogen-bond acceptors (Lipinski definition) is 1. The Kier molecular flexibility index (Phi) is 4.12. The SMILES string of the molecule is CNC/C=C/c1ccc(F)cc1Br. The summed E-state index contributed by atoms with van der Waals surface area (Å²) < 4.78 is 13.4. The average Bonchev–Trinajstić information content (AvgIpc) is 2.09. The highest BCUT2D eigenvalue weighted by Crippen LogP contribution is 2.18. The molecule has 0 saturated carbocycles. The van der Waals surface area contributed by atoms with Crippen LogP contribution in [0.15, 0.2) is 28.7 Å². The first-order valence-electron chi connectivity index (χ1n) is 4.00. The summed E-state index contributed by atoms with van der Waals surface area (Å²) in [5.41, 5.74) is 0.983. The zero-order valence-electron chi connectivity index (χ0n) is 7.35. The van der Waals surface area contributed by atoms with E-state index in [-0.39, 0.29) is 5.82 Å². The molecule has 0 aliphatic carbocycles. The van der Waals surface area contributed by atoms with E-state index in [2.05, 4.69) is 21.2 Å². The minimum Gasteiger partial charge on any atom is -0.316 e. The summed E-state index contributed by atoms with van der Waals surface area (Å²) in [4.78, 5) is 0. The Morgan fingerprint density at radius 3 is 2.92 bits per heavy atom. The van der Waals surface area contributed by atoms with Crippen LogP contribution in [0.5, 0.6) is 0 Å². The van der Waals surface area contributed by atoms with Gasteiger partial charge in [-0.15, -0.1) is 0 Å². The monoisotopic (exact) mass is 243 g/mol. The van der Waals surface area contributed by atoms with E-state index in [4.69, 9.17) is 0 Å². The summed E-state index contributed by atoms with van der Waals surface area (Å²) in [7, 11) is 1.88. The van der Waals surface area contributed by atoms with Crippen LogP contribution in [0.4, 0.5) is 4.39 Å². The van der Waals surface area contributed by atoms with Crippen molar-refractivity contribution in [3.63, 3.8) is 0 Å². The number of nitrogens with one attached hydrogen (secondary N) is 1. The molecule has 0 saturated heterocycles. The molecule has 1 nitrogen and oxygen atoms in total. The van der Waals surface area contributed by atoms with E-state index in [0.29, 0.717) is 0 Å². The molecule has 0 heterocycles. The van der Waals surface area contributed by atoms with Crippen LogP contribution in [0.1, 0.15) is 5.56 Å². The van der Waals surface area contributed by atoms with Crippen LogP contribution in [0.25, 0.3) is 6.08 Å². The predicted molar refractivity (Wildman–Crippen MR) is 57.1 cm³/mol. The van der Waals surface area contributed by atoms with Gasteiger partial charge < -0.3 is 5.32 Å². The summed E-state index contributed by atoms with van der Waals surface area (Å²) in [5, 5.41) is 2.99. The van der Waals surface area contributed by atoms with Crippen LogP contribution in [0, 0.1) is 5.82 Å². The van der Waals surface area contributed by atoms with Gasteiger partial charge >= 0.3 is 0 Å². The number of hydrogen-bond donors (Lipinski definition) is 1. The molecule has 0 atom stereocenters. The molecule has 13 heavy (non-hydrogen) atoms. The molecule has 1 N–H and O–H groups in total. The Balaban J connectivity index is 2.77. The quantitative estimate of drug-likeness (QED) is 0.862. The van der Waals surface area contributed by atoms with Crippen LogP contribution in [-0.4, -0.2) is 13.6 Å². The molecule has 0 amide bonds. The first-order chi connectivity index (χ1) is 6.24. The van der Waals surface area contributed by atoms with Crippen molar-refractivity contribution in [3.8, 4) is 0 Å². The van der Waals surface area contributed by atoms with Gasteiger partial charge in [0.25, 0.3) is 0 Å². The maximum Gasteiger partial charge on any atom is 0.124 e. The van der Waals surface area contributed by atoms with Gasteiger partial charge in [-0.2, -0.15) is 0 Å². The van der Waals surface area contributed by atoms with Crippen molar-refractivity contribution in [3.05, 3.63) is 40.1 Å². The maximum atomic E-state index is 12.7. The summed E-state index contributed by atoms with van der Waals surface area (Å²) in [6.07, 6.45) is 3.93. The maximum absolute atomic E-state index is 12.7. The van der Waals surface area contributed by atoms with Crippen molar-refractivity contribution in [1.29, 1.82) is 0 Å². The van der Waals surface area contributed by atoms with Gasteiger partial charge in [-0.25, -0.2) is 4.39 Å². The van der Waals surface area contributed by atoms with Gasteiger partial charge in [-0.1, -0.05) is 34.1 Å². The Labute approximate surface area is 85.8 Å². The zero-order valence-corrected chi connectivity index (χ0v) is 8.94. The fourth-order valence-corrected chi connectivity index (χ4v) is 1.42. The van der Waals surface area contributed by atoms with Crippen LogP contribution < -0.4 is 5.32 Å². The van der Waals surface area contributed by atoms with Crippen molar-refractivity contribution >= 4 is 22.0 Å². The second-order valence-electron chi connectivity index (χ2n) is 2.63. The van der Waals surface area contributed by atoms with Gasteiger partial charge in [-0.3, -0.25) is 0 Å². The second-order valence-corrected chi connectivity index (χ2v) is 3.48. The van der Waals surface area contributed by atoms with Crippen molar-refractivity contribution < 1.29 is 4.39 Å². The van der Waals surface area contributed by atoms with Crippen LogP contribution in [0.3, 0.4) is 0 Å². The first kappa shape index (κ1) is 10.4. The largest absolute Gasteiger partial charge is 0.316 e. The third-order valence-electron chi connectivity index (χ3n) is 1.58. The molecule has 0 aliphatic rings. The summed E-state index contributed by atoms with van der Waals surface area (Å²) in [6, 6.07) is 4.65. The van der Waals surface area contributed by atoms with E-state index in [1.165, 1.54) is 12.1 Å². The molecule has 1 aromatic carbocycles. The smallest absolute Gasteiger partial charge is 0.124 e. The summed E-state index contributed by atoms with van der Waals surface area (Å²) in [5.74, 6) is -0.224. The highest BCUT2D eigenvalue weighted by molar-refractivity contribution is 9.10. The van der Waals surface area contributed by atoms with Crippen LogP contribution >= 0.6 is 15.9 Å². The average molecular weight is 244 g/mol. The molecule has 1 aromatic rings. The fraction of sp³-hybridized carbons (Fsp3) is 0.200. The standard InChI is InChI=1S/C10H11BrFN/c1-13-6-2-3-8-4-5-9(12)7-10(8)11/h2-5,7,13H,6H2,1H3/b3-2+. The fourth-order valence-electron chi connectivity index (χ4n) is 0.940. The van der Waals surface area contributed by atoms with Gasteiger partial charge in [0.2, 0.25) is 0 Å². The molecule has 0 fully saturated rings. The zero-order chi connectivity index (χ0) is 9.68. The molecular formula is C10H11BrFN. The van der Waals surface area contributed by atoms with Gasteiger partial charge in [0, 0.05) is 11.0 Å². The second kappa shape index (κ2) is 5.14. The number of rotatable bonds is 3. The predicted octanol–water partition coefficient (Wildman–Crippen LogP) is 2.82.